The molecule has 1 aromatic rings. The summed E-state index contributed by atoms with van der Waals surface area (Å²) in [6.07, 6.45) is 3.20. The highest BCUT2D eigenvalue weighted by atomic mass is 32.1. The fraction of sp³-hybridized carbons (Fsp3) is 0.467. The van der Waals surface area contributed by atoms with Crippen LogP contribution in [0.1, 0.15) is 25.3 Å². The molecular formula is C15H20N2S2. The largest absolute Gasteiger partial charge is 0.375 e. The maximum atomic E-state index is 5.42. The summed E-state index contributed by atoms with van der Waals surface area (Å²) in [6.45, 7) is 3.99. The number of hydrogen-bond acceptors (Lipinski definition) is 2. The molecule has 0 aliphatic carbocycles. The summed E-state index contributed by atoms with van der Waals surface area (Å²) >= 11 is 10.7. The SMILES string of the molecule is C[C@H](Cc1ccccc1)NC(=S)CN1CCCC1=S. The van der Waals surface area contributed by atoms with Crippen LogP contribution in [0.2, 0.25) is 0 Å². The molecule has 1 aromatic carbocycles. The van der Waals surface area contributed by atoms with Crippen molar-refractivity contribution in [1.82, 2.24) is 10.2 Å². The molecule has 2 rings (SSSR count). The second-order valence-corrected chi connectivity index (χ2v) is 6.04. The van der Waals surface area contributed by atoms with Gasteiger partial charge in [0.25, 0.3) is 0 Å². The van der Waals surface area contributed by atoms with E-state index in [1.807, 2.05) is 6.07 Å². The van der Waals surface area contributed by atoms with Gasteiger partial charge in [0.2, 0.25) is 0 Å². The van der Waals surface area contributed by atoms with Gasteiger partial charge >= 0.3 is 0 Å². The Morgan fingerprint density at radius 2 is 2.11 bits per heavy atom. The summed E-state index contributed by atoms with van der Waals surface area (Å²) in [4.78, 5) is 4.16. The number of benzene rings is 1. The van der Waals surface area contributed by atoms with E-state index in [0.29, 0.717) is 6.04 Å². The van der Waals surface area contributed by atoms with E-state index in [2.05, 4.69) is 41.4 Å². The van der Waals surface area contributed by atoms with E-state index in [-0.39, 0.29) is 0 Å². The van der Waals surface area contributed by atoms with Gasteiger partial charge in [-0.2, -0.15) is 0 Å². The van der Waals surface area contributed by atoms with Crippen molar-refractivity contribution in [3.63, 3.8) is 0 Å². The second-order valence-electron chi connectivity index (χ2n) is 5.08. The number of nitrogens with zero attached hydrogens (tertiary/aromatic N) is 1. The molecule has 0 bridgehead atoms. The van der Waals surface area contributed by atoms with Gasteiger partial charge in [0.15, 0.2) is 0 Å². The molecule has 0 aromatic heterocycles. The zero-order chi connectivity index (χ0) is 13.7. The van der Waals surface area contributed by atoms with Crippen LogP contribution in [0.5, 0.6) is 0 Å². The Kier molecular flexibility index (Phi) is 5.28. The molecule has 0 amide bonds. The van der Waals surface area contributed by atoms with Gasteiger partial charge in [0, 0.05) is 12.6 Å². The average molecular weight is 292 g/mol. The molecule has 1 saturated heterocycles. The Hall–Kier alpha value is -1.000. The van der Waals surface area contributed by atoms with Crippen molar-refractivity contribution in [3.05, 3.63) is 35.9 Å². The van der Waals surface area contributed by atoms with E-state index >= 15 is 0 Å². The van der Waals surface area contributed by atoms with Crippen molar-refractivity contribution < 1.29 is 0 Å². The fourth-order valence-electron chi connectivity index (χ4n) is 2.38. The monoisotopic (exact) mass is 292 g/mol. The maximum Gasteiger partial charge on any atom is 0.0952 e. The molecular weight excluding hydrogens is 272 g/mol. The molecule has 1 heterocycles. The molecule has 0 saturated carbocycles. The van der Waals surface area contributed by atoms with Crippen LogP contribution < -0.4 is 5.32 Å². The summed E-state index contributed by atoms with van der Waals surface area (Å²) in [7, 11) is 0. The van der Waals surface area contributed by atoms with E-state index in [1.54, 1.807) is 0 Å². The standard InChI is InChI=1S/C15H20N2S2/c1-12(10-13-6-3-2-4-7-13)16-14(18)11-17-9-5-8-15(17)19/h2-4,6-7,12H,5,8-11H2,1H3,(H,16,18)/t12-/m1/s1. The Balaban J connectivity index is 1.77. The Morgan fingerprint density at radius 3 is 2.74 bits per heavy atom. The van der Waals surface area contributed by atoms with Gasteiger partial charge in [-0.3, -0.25) is 0 Å². The summed E-state index contributed by atoms with van der Waals surface area (Å²) in [5.74, 6) is 0. The van der Waals surface area contributed by atoms with Crippen LogP contribution >= 0.6 is 24.4 Å². The van der Waals surface area contributed by atoms with Crippen LogP contribution in [0, 0.1) is 0 Å². The minimum absolute atomic E-state index is 0.353. The van der Waals surface area contributed by atoms with Crippen molar-refractivity contribution >= 4 is 34.4 Å². The first-order valence-corrected chi connectivity index (χ1v) is 7.58. The summed E-state index contributed by atoms with van der Waals surface area (Å²) < 4.78 is 0. The van der Waals surface area contributed by atoms with E-state index in [4.69, 9.17) is 24.4 Å². The molecule has 102 valence electrons. The summed E-state index contributed by atoms with van der Waals surface area (Å²) in [5.41, 5.74) is 1.34. The van der Waals surface area contributed by atoms with Crippen molar-refractivity contribution in [2.75, 3.05) is 13.1 Å². The van der Waals surface area contributed by atoms with Gasteiger partial charge in [-0.15, -0.1) is 0 Å². The Bertz CT molecular complexity index is 445. The van der Waals surface area contributed by atoms with E-state index in [1.165, 1.54) is 12.0 Å². The molecule has 1 aliphatic rings. The highest BCUT2D eigenvalue weighted by Gasteiger charge is 2.18. The third-order valence-corrected chi connectivity index (χ3v) is 4.01. The first kappa shape index (κ1) is 14.4. The predicted octanol–water partition coefficient (Wildman–Crippen LogP) is 2.96. The molecule has 1 aliphatic heterocycles. The second kappa shape index (κ2) is 6.96. The first-order chi connectivity index (χ1) is 9.15. The highest BCUT2D eigenvalue weighted by Crippen LogP contribution is 2.11. The lowest BCUT2D eigenvalue weighted by Crippen LogP contribution is -2.40. The normalized spacial score (nSPS) is 16.5. The molecule has 1 atom stereocenters. The van der Waals surface area contributed by atoms with Crippen molar-refractivity contribution in [1.29, 1.82) is 0 Å². The van der Waals surface area contributed by atoms with Gasteiger partial charge in [-0.25, -0.2) is 0 Å². The molecule has 1 fully saturated rings. The van der Waals surface area contributed by atoms with Crippen LogP contribution in [0.4, 0.5) is 0 Å². The van der Waals surface area contributed by atoms with Gasteiger partial charge in [0.1, 0.15) is 0 Å². The van der Waals surface area contributed by atoms with Gasteiger partial charge < -0.3 is 10.2 Å². The van der Waals surface area contributed by atoms with Crippen molar-refractivity contribution in [2.24, 2.45) is 0 Å². The van der Waals surface area contributed by atoms with E-state index < -0.39 is 0 Å². The zero-order valence-electron chi connectivity index (χ0n) is 11.3. The van der Waals surface area contributed by atoms with Gasteiger partial charge in [-0.05, 0) is 31.7 Å². The maximum absolute atomic E-state index is 5.42. The molecule has 4 heteroatoms. The third kappa shape index (κ3) is 4.55. The fourth-order valence-corrected chi connectivity index (χ4v) is 3.04. The van der Waals surface area contributed by atoms with Crippen molar-refractivity contribution in [3.8, 4) is 0 Å². The average Bonchev–Trinajstić information content (AvgIpc) is 2.76. The van der Waals surface area contributed by atoms with Crippen LogP contribution in [0.3, 0.4) is 0 Å². The van der Waals surface area contributed by atoms with Crippen LogP contribution in [-0.2, 0) is 6.42 Å². The van der Waals surface area contributed by atoms with E-state index in [0.717, 1.165) is 35.9 Å². The number of likely N-dealkylation sites (tertiary alicyclic amines) is 1. The lowest BCUT2D eigenvalue weighted by Gasteiger charge is -2.22. The predicted molar refractivity (Wildman–Crippen MR) is 88.7 cm³/mol. The van der Waals surface area contributed by atoms with Crippen LogP contribution in [0.25, 0.3) is 0 Å². The minimum Gasteiger partial charge on any atom is -0.375 e. The van der Waals surface area contributed by atoms with Gasteiger partial charge in [0.05, 0.1) is 16.5 Å². The number of nitrogens with one attached hydrogen (secondary N) is 1. The van der Waals surface area contributed by atoms with Gasteiger partial charge in [-0.1, -0.05) is 54.8 Å². The molecule has 0 unspecified atom stereocenters. The molecule has 0 spiro atoms. The summed E-state index contributed by atoms with van der Waals surface area (Å²) in [5, 5.41) is 3.41. The van der Waals surface area contributed by atoms with Crippen LogP contribution in [-0.4, -0.2) is 34.0 Å². The zero-order valence-corrected chi connectivity index (χ0v) is 12.9. The van der Waals surface area contributed by atoms with E-state index in [9.17, 15) is 0 Å². The number of rotatable bonds is 5. The molecule has 19 heavy (non-hydrogen) atoms. The molecule has 2 nitrogen and oxygen atoms in total. The third-order valence-electron chi connectivity index (χ3n) is 3.30. The topological polar surface area (TPSA) is 15.3 Å². The Morgan fingerprint density at radius 1 is 1.37 bits per heavy atom. The summed E-state index contributed by atoms with van der Waals surface area (Å²) in [6, 6.07) is 10.8. The Labute approximate surface area is 126 Å². The lowest BCUT2D eigenvalue weighted by molar-refractivity contribution is 0.513. The first-order valence-electron chi connectivity index (χ1n) is 6.76. The van der Waals surface area contributed by atoms with Crippen LogP contribution in [0.15, 0.2) is 30.3 Å². The number of thiocarbonyl (C=S) groups is 2. The smallest absolute Gasteiger partial charge is 0.0952 e. The molecule has 0 radical (unpaired) electrons. The minimum atomic E-state index is 0.353. The number of hydrogen-bond donors (Lipinski definition) is 1. The molecule has 1 N–H and O–H groups in total. The lowest BCUT2D eigenvalue weighted by atomic mass is 10.1. The quantitative estimate of drug-likeness (QED) is 0.839. The van der Waals surface area contributed by atoms with Crippen molar-refractivity contribution in [2.45, 2.75) is 32.2 Å². The highest BCUT2D eigenvalue weighted by molar-refractivity contribution is 7.80.